The van der Waals surface area contributed by atoms with E-state index in [0.29, 0.717) is 11.1 Å². The second-order valence-corrected chi connectivity index (χ2v) is 8.04. The van der Waals surface area contributed by atoms with Crippen molar-refractivity contribution >= 4 is 43.2 Å². The summed E-state index contributed by atoms with van der Waals surface area (Å²) in [6.45, 7) is 4.33. The highest BCUT2D eigenvalue weighted by Gasteiger charge is 2.22. The summed E-state index contributed by atoms with van der Waals surface area (Å²) in [5, 5.41) is 3.29. The van der Waals surface area contributed by atoms with E-state index < -0.39 is 0 Å². The molecule has 1 heterocycles. The first-order chi connectivity index (χ1) is 9.93. The summed E-state index contributed by atoms with van der Waals surface area (Å²) in [6.07, 6.45) is 0.917. The van der Waals surface area contributed by atoms with Gasteiger partial charge in [0.15, 0.2) is 0 Å². The molecule has 2 rings (SSSR count). The van der Waals surface area contributed by atoms with E-state index in [1.807, 2.05) is 13.0 Å². The number of rotatable bonds is 5. The topological polar surface area (TPSA) is 12.0 Å². The van der Waals surface area contributed by atoms with Gasteiger partial charge in [0.1, 0.15) is 11.6 Å². The predicted octanol–water partition coefficient (Wildman–Crippen LogP) is 5.95. The number of aryl methyl sites for hydroxylation is 1. The highest BCUT2D eigenvalue weighted by Crippen LogP contribution is 2.38. The normalized spacial score (nSPS) is 12.7. The molecular formula is C15H15Br2F2NS. The Bertz CT molecular complexity index is 623. The lowest BCUT2D eigenvalue weighted by atomic mass is 10.0. The van der Waals surface area contributed by atoms with Crippen molar-refractivity contribution < 1.29 is 8.78 Å². The van der Waals surface area contributed by atoms with Crippen LogP contribution in [0.3, 0.4) is 0 Å². The van der Waals surface area contributed by atoms with Crippen LogP contribution < -0.4 is 5.32 Å². The van der Waals surface area contributed by atoms with Gasteiger partial charge >= 0.3 is 0 Å². The molecule has 0 amide bonds. The minimum Gasteiger partial charge on any atom is -0.306 e. The summed E-state index contributed by atoms with van der Waals surface area (Å²) in [6, 6.07) is 4.12. The molecule has 0 fully saturated rings. The molecule has 1 N–H and O–H groups in total. The first-order valence-electron chi connectivity index (χ1n) is 6.57. The van der Waals surface area contributed by atoms with Crippen molar-refractivity contribution in [3.63, 3.8) is 0 Å². The van der Waals surface area contributed by atoms with Crippen LogP contribution in [0, 0.1) is 18.6 Å². The largest absolute Gasteiger partial charge is 0.306 e. The zero-order valence-electron chi connectivity index (χ0n) is 11.6. The van der Waals surface area contributed by atoms with Crippen LogP contribution in [0.5, 0.6) is 0 Å². The van der Waals surface area contributed by atoms with Gasteiger partial charge in [-0.2, -0.15) is 0 Å². The van der Waals surface area contributed by atoms with Gasteiger partial charge in [0.25, 0.3) is 0 Å². The third-order valence-electron chi connectivity index (χ3n) is 3.14. The van der Waals surface area contributed by atoms with Gasteiger partial charge in [-0.3, -0.25) is 0 Å². The molecule has 0 radical (unpaired) electrons. The van der Waals surface area contributed by atoms with Crippen LogP contribution in [0.4, 0.5) is 8.78 Å². The van der Waals surface area contributed by atoms with E-state index in [4.69, 9.17) is 0 Å². The van der Waals surface area contributed by atoms with Crippen LogP contribution in [0.15, 0.2) is 26.5 Å². The van der Waals surface area contributed by atoms with E-state index in [9.17, 15) is 8.78 Å². The molecule has 1 aromatic carbocycles. The molecule has 0 aliphatic heterocycles. The Labute approximate surface area is 144 Å². The van der Waals surface area contributed by atoms with Crippen molar-refractivity contribution in [1.82, 2.24) is 5.32 Å². The average Bonchev–Trinajstić information content (AvgIpc) is 2.75. The first kappa shape index (κ1) is 17.1. The molecule has 1 aromatic heterocycles. The van der Waals surface area contributed by atoms with Gasteiger partial charge in [-0.15, -0.1) is 11.3 Å². The summed E-state index contributed by atoms with van der Waals surface area (Å²) in [5.41, 5.74) is 0.659. The molecule has 0 saturated carbocycles. The van der Waals surface area contributed by atoms with Crippen molar-refractivity contribution in [2.45, 2.75) is 26.3 Å². The smallest absolute Gasteiger partial charge is 0.128 e. The Kier molecular flexibility index (Phi) is 5.94. The number of hydrogen-bond donors (Lipinski definition) is 1. The molecule has 0 aliphatic carbocycles. The minimum absolute atomic E-state index is 0.319. The Balaban J connectivity index is 2.47. The summed E-state index contributed by atoms with van der Waals surface area (Å²) in [4.78, 5) is 0.935. The van der Waals surface area contributed by atoms with Crippen LogP contribution in [0.25, 0.3) is 0 Å². The molecule has 1 unspecified atom stereocenters. The number of benzene rings is 1. The minimum atomic E-state index is -0.386. The molecule has 0 aliphatic rings. The molecule has 1 nitrogen and oxygen atoms in total. The predicted molar refractivity (Wildman–Crippen MR) is 91.0 cm³/mol. The summed E-state index contributed by atoms with van der Waals surface area (Å²) >= 11 is 8.39. The highest BCUT2D eigenvalue weighted by molar-refractivity contribution is 9.13. The summed E-state index contributed by atoms with van der Waals surface area (Å²) < 4.78 is 30.0. The van der Waals surface area contributed by atoms with Gasteiger partial charge in [0, 0.05) is 14.9 Å². The van der Waals surface area contributed by atoms with Gasteiger partial charge < -0.3 is 5.32 Å². The average molecular weight is 439 g/mol. The standard InChI is InChI=1S/C15H15Br2F2NS/c1-3-4-20-14(13-7-10(16)15(17)21-13)9-6-11(18)8(2)5-12(9)19/h5-7,14,20H,3-4H2,1-2H3. The lowest BCUT2D eigenvalue weighted by Gasteiger charge is -2.19. The fourth-order valence-corrected chi connectivity index (χ4v) is 4.23. The molecule has 2 aromatic rings. The van der Waals surface area contributed by atoms with Crippen molar-refractivity contribution in [3.8, 4) is 0 Å². The van der Waals surface area contributed by atoms with Gasteiger partial charge in [0.2, 0.25) is 0 Å². The van der Waals surface area contributed by atoms with Gasteiger partial charge in [0.05, 0.1) is 9.83 Å². The zero-order valence-corrected chi connectivity index (χ0v) is 15.6. The maximum atomic E-state index is 14.3. The molecule has 0 bridgehead atoms. The Morgan fingerprint density at radius 2 is 1.90 bits per heavy atom. The van der Waals surface area contributed by atoms with Gasteiger partial charge in [-0.05, 0) is 75.5 Å². The Morgan fingerprint density at radius 3 is 2.48 bits per heavy atom. The molecular weight excluding hydrogens is 424 g/mol. The lowest BCUT2D eigenvalue weighted by Crippen LogP contribution is -2.23. The van der Waals surface area contributed by atoms with Gasteiger partial charge in [-0.1, -0.05) is 6.92 Å². The van der Waals surface area contributed by atoms with Crippen LogP contribution in [0.2, 0.25) is 0 Å². The SMILES string of the molecule is CCCNC(c1cc(Br)c(Br)s1)c1cc(F)c(C)cc1F. The first-order valence-corrected chi connectivity index (χ1v) is 8.98. The second kappa shape index (κ2) is 7.31. The summed E-state index contributed by atoms with van der Waals surface area (Å²) in [5.74, 6) is -0.771. The van der Waals surface area contributed by atoms with Crippen molar-refractivity contribution in [2.75, 3.05) is 6.54 Å². The molecule has 21 heavy (non-hydrogen) atoms. The third kappa shape index (κ3) is 3.92. The molecule has 6 heteroatoms. The summed E-state index contributed by atoms with van der Waals surface area (Å²) in [7, 11) is 0. The Morgan fingerprint density at radius 1 is 1.19 bits per heavy atom. The number of thiophene rings is 1. The quantitative estimate of drug-likeness (QED) is 0.608. The molecule has 114 valence electrons. The van der Waals surface area contributed by atoms with Crippen LogP contribution in [0.1, 0.15) is 35.4 Å². The van der Waals surface area contributed by atoms with Crippen LogP contribution in [-0.4, -0.2) is 6.54 Å². The third-order valence-corrected chi connectivity index (χ3v) is 6.46. The van der Waals surface area contributed by atoms with E-state index >= 15 is 0 Å². The van der Waals surface area contributed by atoms with Crippen LogP contribution >= 0.6 is 43.2 Å². The van der Waals surface area contributed by atoms with Crippen molar-refractivity contribution in [3.05, 3.63) is 54.1 Å². The van der Waals surface area contributed by atoms with Gasteiger partial charge in [-0.25, -0.2) is 8.78 Å². The van der Waals surface area contributed by atoms with E-state index in [-0.39, 0.29) is 17.7 Å². The zero-order chi connectivity index (χ0) is 15.6. The molecule has 1 atom stereocenters. The maximum absolute atomic E-state index is 14.3. The number of halogens is 4. The fourth-order valence-electron chi connectivity index (χ4n) is 2.04. The van der Waals surface area contributed by atoms with E-state index in [1.165, 1.54) is 23.5 Å². The van der Waals surface area contributed by atoms with Crippen molar-refractivity contribution in [1.29, 1.82) is 0 Å². The molecule has 0 saturated heterocycles. The maximum Gasteiger partial charge on any atom is 0.128 e. The fraction of sp³-hybridized carbons (Fsp3) is 0.333. The van der Waals surface area contributed by atoms with E-state index in [1.54, 1.807) is 6.92 Å². The highest BCUT2D eigenvalue weighted by atomic mass is 79.9. The Hall–Kier alpha value is -0.300. The molecule has 0 spiro atoms. The number of nitrogens with one attached hydrogen (secondary N) is 1. The van der Waals surface area contributed by atoms with E-state index in [2.05, 4.69) is 37.2 Å². The van der Waals surface area contributed by atoms with Crippen LogP contribution in [-0.2, 0) is 0 Å². The lowest BCUT2D eigenvalue weighted by molar-refractivity contribution is 0.536. The number of hydrogen-bond acceptors (Lipinski definition) is 2. The van der Waals surface area contributed by atoms with E-state index in [0.717, 1.165) is 26.1 Å². The monoisotopic (exact) mass is 437 g/mol. The van der Waals surface area contributed by atoms with Crippen molar-refractivity contribution in [2.24, 2.45) is 0 Å². The second-order valence-electron chi connectivity index (χ2n) is 4.78.